The van der Waals surface area contributed by atoms with Gasteiger partial charge in [-0.05, 0) is 37.6 Å². The largest absolute Gasteiger partial charge is 0.508 e. The van der Waals surface area contributed by atoms with Gasteiger partial charge in [-0.1, -0.05) is 12.1 Å². The molecule has 114 valence electrons. The average Bonchev–Trinajstić information content (AvgIpc) is 2.95. The number of hydrogen-bond acceptors (Lipinski definition) is 6. The van der Waals surface area contributed by atoms with E-state index in [0.29, 0.717) is 5.65 Å². The van der Waals surface area contributed by atoms with Crippen molar-refractivity contribution in [2.24, 2.45) is 0 Å². The van der Waals surface area contributed by atoms with Gasteiger partial charge in [0.15, 0.2) is 0 Å². The molecular formula is C15H17N5O2. The van der Waals surface area contributed by atoms with Gasteiger partial charge >= 0.3 is 0 Å². The molecule has 0 aliphatic carbocycles. The van der Waals surface area contributed by atoms with Crippen molar-refractivity contribution in [2.75, 3.05) is 5.32 Å². The quantitative estimate of drug-likeness (QED) is 0.678. The molecule has 0 amide bonds. The smallest absolute Gasteiger partial charge is 0.200 e. The molecule has 22 heavy (non-hydrogen) atoms. The highest BCUT2D eigenvalue weighted by atomic mass is 16.3. The number of benzene rings is 1. The second-order valence-corrected chi connectivity index (χ2v) is 5.27. The predicted molar refractivity (Wildman–Crippen MR) is 81.7 cm³/mol. The molecule has 0 aliphatic rings. The summed E-state index contributed by atoms with van der Waals surface area (Å²) in [5.41, 5.74) is 2.91. The number of aryl methyl sites for hydroxylation is 1. The van der Waals surface area contributed by atoms with Gasteiger partial charge in [0.2, 0.25) is 5.65 Å². The fraction of sp³-hybridized carbons (Fsp3) is 0.267. The molecule has 0 unspecified atom stereocenters. The second kappa shape index (κ2) is 5.61. The molecule has 1 aromatic carbocycles. The van der Waals surface area contributed by atoms with E-state index in [1.807, 2.05) is 19.9 Å². The Balaban J connectivity index is 1.84. The number of fused-ring (bicyclic) bond motifs is 1. The molecule has 0 spiro atoms. The van der Waals surface area contributed by atoms with Crippen molar-refractivity contribution in [1.29, 1.82) is 0 Å². The van der Waals surface area contributed by atoms with Gasteiger partial charge in [-0.15, -0.1) is 10.2 Å². The topological polar surface area (TPSA) is 95.6 Å². The summed E-state index contributed by atoms with van der Waals surface area (Å²) in [4.78, 5) is 0. The van der Waals surface area contributed by atoms with E-state index < -0.39 is 6.10 Å². The standard InChI is InChI=1S/C15H17N5O2/c1-9-7-13(15-18-16-8-20(15)19-9)17-10(2)14(22)11-3-5-12(21)6-4-11/h3-8,10,14,17,21-22H,1-2H3/t10-,14-/m1/s1. The van der Waals surface area contributed by atoms with Crippen molar-refractivity contribution in [2.45, 2.75) is 26.0 Å². The number of aliphatic hydroxyl groups is 1. The molecule has 0 radical (unpaired) electrons. The Hall–Kier alpha value is -2.67. The fourth-order valence-electron chi connectivity index (χ4n) is 2.34. The molecule has 0 saturated heterocycles. The SMILES string of the molecule is Cc1cc(N[C@H](C)[C@@H](O)c2ccc(O)cc2)c2nncn2n1. The van der Waals surface area contributed by atoms with E-state index in [2.05, 4.69) is 20.6 Å². The van der Waals surface area contributed by atoms with E-state index in [0.717, 1.165) is 16.9 Å². The molecular weight excluding hydrogens is 282 g/mol. The Bertz CT molecular complexity index is 784. The third-order valence-corrected chi connectivity index (χ3v) is 3.48. The van der Waals surface area contributed by atoms with Crippen LogP contribution in [0, 0.1) is 6.92 Å². The van der Waals surface area contributed by atoms with Crippen LogP contribution in [-0.2, 0) is 0 Å². The van der Waals surface area contributed by atoms with E-state index in [1.165, 1.54) is 6.33 Å². The van der Waals surface area contributed by atoms with Gasteiger partial charge in [0.05, 0.1) is 23.5 Å². The van der Waals surface area contributed by atoms with Gasteiger partial charge in [-0.3, -0.25) is 0 Å². The summed E-state index contributed by atoms with van der Waals surface area (Å²) < 4.78 is 1.59. The van der Waals surface area contributed by atoms with Gasteiger partial charge in [-0.25, -0.2) is 0 Å². The molecule has 0 saturated carbocycles. The van der Waals surface area contributed by atoms with Gasteiger partial charge in [0, 0.05) is 0 Å². The minimum Gasteiger partial charge on any atom is -0.508 e. The van der Waals surface area contributed by atoms with E-state index in [1.54, 1.807) is 28.8 Å². The lowest BCUT2D eigenvalue weighted by atomic mass is 10.0. The number of aliphatic hydroxyl groups excluding tert-OH is 1. The van der Waals surface area contributed by atoms with Crippen molar-refractivity contribution in [3.8, 4) is 5.75 Å². The number of phenols is 1. The number of aromatic hydroxyl groups is 1. The molecule has 3 N–H and O–H groups in total. The number of hydrogen-bond donors (Lipinski definition) is 3. The van der Waals surface area contributed by atoms with Crippen LogP contribution in [0.1, 0.15) is 24.3 Å². The normalized spacial score (nSPS) is 14.0. The van der Waals surface area contributed by atoms with Crippen LogP contribution in [0.3, 0.4) is 0 Å². The van der Waals surface area contributed by atoms with Crippen LogP contribution in [0.5, 0.6) is 5.75 Å². The molecule has 0 bridgehead atoms. The second-order valence-electron chi connectivity index (χ2n) is 5.27. The Morgan fingerprint density at radius 2 is 1.95 bits per heavy atom. The number of nitrogens with zero attached hydrogens (tertiary/aromatic N) is 4. The lowest BCUT2D eigenvalue weighted by Gasteiger charge is -2.22. The van der Waals surface area contributed by atoms with Gasteiger partial charge in [0.1, 0.15) is 12.1 Å². The first-order valence-corrected chi connectivity index (χ1v) is 6.96. The van der Waals surface area contributed by atoms with Crippen molar-refractivity contribution < 1.29 is 10.2 Å². The summed E-state index contributed by atoms with van der Waals surface area (Å²) in [5, 5.41) is 35.1. The zero-order chi connectivity index (χ0) is 15.7. The van der Waals surface area contributed by atoms with Gasteiger partial charge < -0.3 is 15.5 Å². The molecule has 2 atom stereocenters. The minimum absolute atomic E-state index is 0.173. The highest BCUT2D eigenvalue weighted by molar-refractivity contribution is 5.67. The average molecular weight is 299 g/mol. The zero-order valence-corrected chi connectivity index (χ0v) is 12.3. The zero-order valence-electron chi connectivity index (χ0n) is 12.3. The molecule has 2 aromatic heterocycles. The van der Waals surface area contributed by atoms with Crippen molar-refractivity contribution in [3.63, 3.8) is 0 Å². The minimum atomic E-state index is -0.725. The van der Waals surface area contributed by atoms with Crippen LogP contribution in [0.15, 0.2) is 36.7 Å². The Kier molecular flexibility index (Phi) is 3.64. The molecule has 3 rings (SSSR count). The van der Waals surface area contributed by atoms with Crippen LogP contribution in [0.2, 0.25) is 0 Å². The van der Waals surface area contributed by atoms with Crippen molar-refractivity contribution in [1.82, 2.24) is 19.8 Å². The first-order chi connectivity index (χ1) is 10.5. The fourth-order valence-corrected chi connectivity index (χ4v) is 2.34. The number of anilines is 1. The van der Waals surface area contributed by atoms with Crippen LogP contribution >= 0.6 is 0 Å². The van der Waals surface area contributed by atoms with E-state index in [9.17, 15) is 10.2 Å². The summed E-state index contributed by atoms with van der Waals surface area (Å²) in [5.74, 6) is 0.173. The summed E-state index contributed by atoms with van der Waals surface area (Å²) >= 11 is 0. The molecule has 0 fully saturated rings. The molecule has 3 aromatic rings. The predicted octanol–water partition coefficient (Wildman–Crippen LogP) is 1.67. The van der Waals surface area contributed by atoms with Crippen LogP contribution in [0.4, 0.5) is 5.69 Å². The maximum absolute atomic E-state index is 10.4. The van der Waals surface area contributed by atoms with Gasteiger partial charge in [-0.2, -0.15) is 9.61 Å². The van der Waals surface area contributed by atoms with Crippen LogP contribution in [-0.4, -0.2) is 36.1 Å². The van der Waals surface area contributed by atoms with Crippen LogP contribution < -0.4 is 5.32 Å². The number of rotatable bonds is 4. The Morgan fingerprint density at radius 3 is 2.68 bits per heavy atom. The third kappa shape index (κ3) is 2.71. The lowest BCUT2D eigenvalue weighted by Crippen LogP contribution is -2.24. The summed E-state index contributed by atoms with van der Waals surface area (Å²) in [6.07, 6.45) is 0.811. The summed E-state index contributed by atoms with van der Waals surface area (Å²) in [7, 11) is 0. The lowest BCUT2D eigenvalue weighted by molar-refractivity contribution is 0.160. The molecule has 7 nitrogen and oxygen atoms in total. The number of phenolic OH excluding ortho intramolecular Hbond substituents is 1. The van der Waals surface area contributed by atoms with E-state index in [-0.39, 0.29) is 11.8 Å². The maximum atomic E-state index is 10.4. The first-order valence-electron chi connectivity index (χ1n) is 6.96. The van der Waals surface area contributed by atoms with Crippen molar-refractivity contribution in [3.05, 3.63) is 47.9 Å². The monoisotopic (exact) mass is 299 g/mol. The highest BCUT2D eigenvalue weighted by Gasteiger charge is 2.18. The van der Waals surface area contributed by atoms with E-state index >= 15 is 0 Å². The Morgan fingerprint density at radius 1 is 1.23 bits per heavy atom. The summed E-state index contributed by atoms with van der Waals surface area (Å²) in [6.45, 7) is 3.76. The van der Waals surface area contributed by atoms with Gasteiger partial charge in [0.25, 0.3) is 0 Å². The third-order valence-electron chi connectivity index (χ3n) is 3.48. The molecule has 0 aliphatic heterocycles. The summed E-state index contributed by atoms with van der Waals surface area (Å²) in [6, 6.07) is 8.11. The number of nitrogens with one attached hydrogen (secondary N) is 1. The van der Waals surface area contributed by atoms with Crippen LogP contribution in [0.25, 0.3) is 5.65 Å². The van der Waals surface area contributed by atoms with Crippen molar-refractivity contribution >= 4 is 11.3 Å². The van der Waals surface area contributed by atoms with E-state index in [4.69, 9.17) is 0 Å². The molecule has 7 heteroatoms. The number of aromatic nitrogens is 4. The maximum Gasteiger partial charge on any atom is 0.200 e. The highest BCUT2D eigenvalue weighted by Crippen LogP contribution is 2.23. The first kappa shape index (κ1) is 14.3. The molecule has 2 heterocycles. The Labute approximate surface area is 127 Å².